The molecule has 0 saturated heterocycles. The first-order chi connectivity index (χ1) is 10.4. The Kier molecular flexibility index (Phi) is 4.72. The van der Waals surface area contributed by atoms with E-state index in [1.54, 1.807) is 31.2 Å². The number of hydrogen-bond donors (Lipinski definition) is 1. The topological polar surface area (TPSA) is 72.2 Å². The molecule has 0 bridgehead atoms. The minimum absolute atomic E-state index is 0.0221. The fourth-order valence-corrected chi connectivity index (χ4v) is 2.03. The lowest BCUT2D eigenvalue weighted by atomic mass is 10.1. The van der Waals surface area contributed by atoms with Crippen molar-refractivity contribution in [2.24, 2.45) is 0 Å². The third-order valence-electron chi connectivity index (χ3n) is 3.12. The molecule has 0 spiro atoms. The Bertz CT molecular complexity index is 719. The molecular weight excluding hydrogens is 311 g/mol. The SMILES string of the molecule is C[C@H](NC(=O)c1ccc(F)c([N+](=O)[O-])c1)c1ccc(Cl)cc1. The van der Waals surface area contributed by atoms with Gasteiger partial charge < -0.3 is 5.32 Å². The molecule has 7 heteroatoms. The Morgan fingerprint density at radius 2 is 1.91 bits per heavy atom. The largest absolute Gasteiger partial charge is 0.346 e. The van der Waals surface area contributed by atoms with Crippen molar-refractivity contribution in [3.63, 3.8) is 0 Å². The number of amides is 1. The van der Waals surface area contributed by atoms with Crippen LogP contribution in [0.3, 0.4) is 0 Å². The summed E-state index contributed by atoms with van der Waals surface area (Å²) >= 11 is 5.79. The maximum atomic E-state index is 13.3. The number of halogens is 2. The Hall–Kier alpha value is -2.47. The van der Waals surface area contributed by atoms with Crippen molar-refractivity contribution in [3.8, 4) is 0 Å². The van der Waals surface area contributed by atoms with E-state index >= 15 is 0 Å². The molecule has 0 fully saturated rings. The molecule has 2 aromatic carbocycles. The van der Waals surface area contributed by atoms with Gasteiger partial charge in [-0.05, 0) is 36.8 Å². The maximum absolute atomic E-state index is 13.3. The van der Waals surface area contributed by atoms with E-state index in [9.17, 15) is 19.3 Å². The van der Waals surface area contributed by atoms with Crippen LogP contribution in [-0.2, 0) is 0 Å². The summed E-state index contributed by atoms with van der Waals surface area (Å²) in [5.41, 5.74) is 0.120. The predicted octanol–water partition coefficient (Wildman–Crippen LogP) is 3.88. The summed E-state index contributed by atoms with van der Waals surface area (Å²) in [7, 11) is 0. The molecule has 0 aliphatic heterocycles. The van der Waals surface area contributed by atoms with Gasteiger partial charge in [0.15, 0.2) is 0 Å². The molecule has 0 aliphatic rings. The van der Waals surface area contributed by atoms with Crippen LogP contribution >= 0.6 is 11.6 Å². The maximum Gasteiger partial charge on any atom is 0.305 e. The molecule has 0 heterocycles. The van der Waals surface area contributed by atoms with E-state index in [1.807, 2.05) is 0 Å². The summed E-state index contributed by atoms with van der Waals surface area (Å²) in [5.74, 6) is -1.50. The van der Waals surface area contributed by atoms with Crippen LogP contribution in [0.2, 0.25) is 5.02 Å². The molecule has 1 amide bonds. The number of hydrogen-bond acceptors (Lipinski definition) is 3. The van der Waals surface area contributed by atoms with Crippen LogP contribution in [0.15, 0.2) is 42.5 Å². The number of rotatable bonds is 4. The van der Waals surface area contributed by atoms with Crippen LogP contribution in [-0.4, -0.2) is 10.8 Å². The summed E-state index contributed by atoms with van der Waals surface area (Å²) < 4.78 is 13.3. The quantitative estimate of drug-likeness (QED) is 0.686. The van der Waals surface area contributed by atoms with Crippen LogP contribution < -0.4 is 5.32 Å². The van der Waals surface area contributed by atoms with E-state index in [0.717, 1.165) is 17.7 Å². The average Bonchev–Trinajstić information content (AvgIpc) is 2.47. The number of nitro benzene ring substituents is 1. The number of benzene rings is 2. The summed E-state index contributed by atoms with van der Waals surface area (Å²) in [5, 5.41) is 14.0. The minimum atomic E-state index is -0.979. The third kappa shape index (κ3) is 3.59. The second-order valence-electron chi connectivity index (χ2n) is 4.67. The molecular formula is C15H12ClFN2O3. The van der Waals surface area contributed by atoms with E-state index in [-0.39, 0.29) is 11.6 Å². The molecule has 1 N–H and O–H groups in total. The normalized spacial score (nSPS) is 11.8. The molecule has 114 valence electrons. The number of nitro groups is 1. The third-order valence-corrected chi connectivity index (χ3v) is 3.37. The highest BCUT2D eigenvalue weighted by Gasteiger charge is 2.18. The van der Waals surface area contributed by atoms with Gasteiger partial charge in [-0.1, -0.05) is 23.7 Å². The first kappa shape index (κ1) is 15.9. The number of carbonyl (C=O) groups excluding carboxylic acids is 1. The molecule has 0 saturated carbocycles. The summed E-state index contributed by atoms with van der Waals surface area (Å²) in [6.07, 6.45) is 0. The first-order valence-electron chi connectivity index (χ1n) is 6.38. The van der Waals surface area contributed by atoms with Crippen molar-refractivity contribution < 1.29 is 14.1 Å². The lowest BCUT2D eigenvalue weighted by molar-refractivity contribution is -0.387. The fourth-order valence-electron chi connectivity index (χ4n) is 1.91. The van der Waals surface area contributed by atoms with Crippen LogP contribution in [0, 0.1) is 15.9 Å². The lowest BCUT2D eigenvalue weighted by Gasteiger charge is -2.14. The summed E-state index contributed by atoms with van der Waals surface area (Å²) in [6.45, 7) is 1.76. The van der Waals surface area contributed by atoms with E-state index in [4.69, 9.17) is 11.6 Å². The monoisotopic (exact) mass is 322 g/mol. The lowest BCUT2D eigenvalue weighted by Crippen LogP contribution is -2.26. The standard InChI is InChI=1S/C15H12ClFN2O3/c1-9(10-2-5-12(16)6-3-10)18-15(20)11-4-7-13(17)14(8-11)19(21)22/h2-9H,1H3,(H,18,20)/t9-/m0/s1. The van der Waals surface area contributed by atoms with Gasteiger partial charge in [0.1, 0.15) is 0 Å². The van der Waals surface area contributed by atoms with Gasteiger partial charge in [0.2, 0.25) is 5.82 Å². The molecule has 0 aliphatic carbocycles. The van der Waals surface area contributed by atoms with Gasteiger partial charge in [0.05, 0.1) is 11.0 Å². The van der Waals surface area contributed by atoms with Crippen LogP contribution in [0.25, 0.3) is 0 Å². The smallest absolute Gasteiger partial charge is 0.305 e. The Balaban J connectivity index is 2.16. The number of nitrogens with one attached hydrogen (secondary N) is 1. The summed E-state index contributed by atoms with van der Waals surface area (Å²) in [4.78, 5) is 21.9. The van der Waals surface area contributed by atoms with Crippen molar-refractivity contribution in [1.82, 2.24) is 5.32 Å². The van der Waals surface area contributed by atoms with Gasteiger partial charge in [-0.2, -0.15) is 4.39 Å². The highest BCUT2D eigenvalue weighted by Crippen LogP contribution is 2.20. The van der Waals surface area contributed by atoms with Gasteiger partial charge in [-0.3, -0.25) is 14.9 Å². The zero-order chi connectivity index (χ0) is 16.3. The summed E-state index contributed by atoms with van der Waals surface area (Å²) in [6, 6.07) is 9.62. The number of carbonyl (C=O) groups is 1. The first-order valence-corrected chi connectivity index (χ1v) is 6.76. The van der Waals surface area contributed by atoms with E-state index in [1.165, 1.54) is 6.07 Å². The second-order valence-corrected chi connectivity index (χ2v) is 5.11. The molecule has 0 aromatic heterocycles. The van der Waals surface area contributed by atoms with Gasteiger partial charge >= 0.3 is 5.69 Å². The van der Waals surface area contributed by atoms with E-state index in [0.29, 0.717) is 5.02 Å². The number of nitrogens with zero attached hydrogens (tertiary/aromatic N) is 1. The van der Waals surface area contributed by atoms with Crippen molar-refractivity contribution >= 4 is 23.2 Å². The van der Waals surface area contributed by atoms with Crippen molar-refractivity contribution in [1.29, 1.82) is 0 Å². The Morgan fingerprint density at radius 1 is 1.27 bits per heavy atom. The van der Waals surface area contributed by atoms with Crippen LogP contribution in [0.5, 0.6) is 0 Å². The van der Waals surface area contributed by atoms with Gasteiger partial charge in [0, 0.05) is 16.7 Å². The zero-order valence-corrected chi connectivity index (χ0v) is 12.3. The molecule has 22 heavy (non-hydrogen) atoms. The van der Waals surface area contributed by atoms with Gasteiger partial charge in [-0.15, -0.1) is 0 Å². The zero-order valence-electron chi connectivity index (χ0n) is 11.5. The Morgan fingerprint density at radius 3 is 2.50 bits per heavy atom. The second kappa shape index (κ2) is 6.53. The molecule has 0 unspecified atom stereocenters. The molecule has 0 radical (unpaired) electrons. The van der Waals surface area contributed by atoms with Crippen molar-refractivity contribution in [3.05, 3.63) is 74.5 Å². The van der Waals surface area contributed by atoms with Crippen LogP contribution in [0.1, 0.15) is 28.9 Å². The minimum Gasteiger partial charge on any atom is -0.346 e. The predicted molar refractivity (Wildman–Crippen MR) is 80.4 cm³/mol. The van der Waals surface area contributed by atoms with E-state index < -0.39 is 22.3 Å². The fraction of sp³-hybridized carbons (Fsp3) is 0.133. The van der Waals surface area contributed by atoms with Crippen molar-refractivity contribution in [2.75, 3.05) is 0 Å². The van der Waals surface area contributed by atoms with E-state index in [2.05, 4.69) is 5.32 Å². The van der Waals surface area contributed by atoms with Gasteiger partial charge in [-0.25, -0.2) is 0 Å². The molecule has 2 rings (SSSR count). The van der Waals surface area contributed by atoms with Gasteiger partial charge in [0.25, 0.3) is 5.91 Å². The molecule has 1 atom stereocenters. The average molecular weight is 323 g/mol. The molecule has 5 nitrogen and oxygen atoms in total. The highest BCUT2D eigenvalue weighted by molar-refractivity contribution is 6.30. The highest BCUT2D eigenvalue weighted by atomic mass is 35.5. The Labute approximate surface area is 130 Å². The van der Waals surface area contributed by atoms with Crippen LogP contribution in [0.4, 0.5) is 10.1 Å². The van der Waals surface area contributed by atoms with Crippen molar-refractivity contribution in [2.45, 2.75) is 13.0 Å². The molecule has 2 aromatic rings.